The van der Waals surface area contributed by atoms with Crippen LogP contribution < -0.4 is 0 Å². The van der Waals surface area contributed by atoms with Gasteiger partial charge in [0.05, 0.1) is 0 Å². The zero-order valence-corrected chi connectivity index (χ0v) is 10.4. The summed E-state index contributed by atoms with van der Waals surface area (Å²) in [5, 5.41) is 0. The molecule has 0 aliphatic heterocycles. The normalized spacial score (nSPS) is 14.4. The van der Waals surface area contributed by atoms with E-state index in [1.165, 1.54) is 6.92 Å². The topological polar surface area (TPSA) is 26.3 Å². The van der Waals surface area contributed by atoms with Crippen molar-refractivity contribution in [2.24, 2.45) is 0 Å². The van der Waals surface area contributed by atoms with E-state index < -0.39 is 15.9 Å². The number of alkyl halides is 3. The summed E-state index contributed by atoms with van der Waals surface area (Å²) in [5.74, 6) is -0.470. The lowest BCUT2D eigenvalue weighted by molar-refractivity contribution is -0.143. The van der Waals surface area contributed by atoms with Crippen molar-refractivity contribution in [2.75, 3.05) is 0 Å². The zero-order chi connectivity index (χ0) is 11.2. The lowest BCUT2D eigenvalue weighted by Crippen LogP contribution is -2.28. The minimum atomic E-state index is -1.62. The summed E-state index contributed by atoms with van der Waals surface area (Å²) >= 11 is 16.9. The Morgan fingerprint density at radius 1 is 1.50 bits per heavy atom. The minimum Gasteiger partial charge on any atom is -0.454 e. The van der Waals surface area contributed by atoms with Crippen molar-refractivity contribution in [1.29, 1.82) is 0 Å². The van der Waals surface area contributed by atoms with Gasteiger partial charge in [0.15, 0.2) is 6.10 Å². The Bertz CT molecular complexity index is 209. The van der Waals surface area contributed by atoms with E-state index >= 15 is 0 Å². The first-order valence-corrected chi connectivity index (χ1v) is 5.42. The van der Waals surface area contributed by atoms with E-state index in [1.54, 1.807) is 6.08 Å². The maximum Gasteiger partial charge on any atom is 0.303 e. The van der Waals surface area contributed by atoms with Gasteiger partial charge < -0.3 is 4.74 Å². The van der Waals surface area contributed by atoms with Gasteiger partial charge in [-0.25, -0.2) is 0 Å². The average Bonchev–Trinajstić information content (AvgIpc) is 2.00. The number of hydrogen-bond donors (Lipinski definition) is 0. The summed E-state index contributed by atoms with van der Waals surface area (Å²) in [5.41, 5.74) is 0. The fourth-order valence-corrected chi connectivity index (χ4v) is 1.13. The number of carbonyl (C=O) groups excluding carboxylic acids is 1. The van der Waals surface area contributed by atoms with Gasteiger partial charge in [-0.15, -0.1) is 0 Å². The van der Waals surface area contributed by atoms with Gasteiger partial charge in [-0.3, -0.25) is 4.79 Å². The number of esters is 1. The maximum absolute atomic E-state index is 10.7. The fraction of sp³-hybridized carbons (Fsp3) is 0.667. The summed E-state index contributed by atoms with van der Waals surface area (Å²) in [6.07, 6.45) is 4.45. The quantitative estimate of drug-likeness (QED) is 0.438. The lowest BCUT2D eigenvalue weighted by atomic mass is 10.2. The molecular formula is C9H13Cl3O2. The smallest absolute Gasteiger partial charge is 0.303 e. The number of carbonyl (C=O) groups is 1. The molecule has 0 bridgehead atoms. The number of hydrogen-bond acceptors (Lipinski definition) is 2. The van der Waals surface area contributed by atoms with E-state index in [0.717, 1.165) is 12.8 Å². The van der Waals surface area contributed by atoms with Crippen molar-refractivity contribution in [3.8, 4) is 0 Å². The standard InChI is InChI=1S/C9H13Cl3O2/c1-3-4-5-6-8(9(10,11)12)14-7(2)13/h5-6,8H,3-4H2,1-2H3/b6-5+. The van der Waals surface area contributed by atoms with Crippen molar-refractivity contribution in [3.05, 3.63) is 12.2 Å². The summed E-state index contributed by atoms with van der Waals surface area (Å²) in [6.45, 7) is 3.30. The summed E-state index contributed by atoms with van der Waals surface area (Å²) in [7, 11) is 0. The van der Waals surface area contributed by atoms with Crippen LogP contribution in [0, 0.1) is 0 Å². The molecule has 0 aliphatic carbocycles. The molecule has 0 amide bonds. The highest BCUT2D eigenvalue weighted by atomic mass is 35.6. The van der Waals surface area contributed by atoms with Gasteiger partial charge >= 0.3 is 5.97 Å². The van der Waals surface area contributed by atoms with Crippen molar-refractivity contribution in [3.63, 3.8) is 0 Å². The van der Waals surface area contributed by atoms with E-state index in [9.17, 15) is 4.79 Å². The molecule has 0 saturated carbocycles. The van der Waals surface area contributed by atoms with Crippen LogP contribution >= 0.6 is 34.8 Å². The van der Waals surface area contributed by atoms with Crippen LogP contribution in [0.5, 0.6) is 0 Å². The van der Waals surface area contributed by atoms with Crippen molar-refractivity contribution < 1.29 is 9.53 Å². The van der Waals surface area contributed by atoms with Crippen LogP contribution in [0.2, 0.25) is 0 Å². The van der Waals surface area contributed by atoms with Gasteiger partial charge in [0.25, 0.3) is 0 Å². The van der Waals surface area contributed by atoms with E-state index in [1.807, 2.05) is 13.0 Å². The molecule has 1 atom stereocenters. The number of halogens is 3. The molecule has 0 spiro atoms. The number of allylic oxidation sites excluding steroid dienone is 1. The SMILES string of the molecule is CCC/C=C/C(OC(C)=O)C(Cl)(Cl)Cl. The van der Waals surface area contributed by atoms with Crippen molar-refractivity contribution in [1.82, 2.24) is 0 Å². The van der Waals surface area contributed by atoms with E-state index in [2.05, 4.69) is 0 Å². The molecule has 0 heterocycles. The van der Waals surface area contributed by atoms with E-state index in [4.69, 9.17) is 39.5 Å². The van der Waals surface area contributed by atoms with Gasteiger partial charge in [0.1, 0.15) is 0 Å². The second-order valence-corrected chi connectivity index (χ2v) is 5.16. The Balaban J connectivity index is 4.33. The Morgan fingerprint density at radius 3 is 2.43 bits per heavy atom. The molecule has 0 aromatic rings. The molecule has 5 heteroatoms. The minimum absolute atomic E-state index is 0.470. The second kappa shape index (κ2) is 6.54. The third kappa shape index (κ3) is 6.52. The largest absolute Gasteiger partial charge is 0.454 e. The Hall–Kier alpha value is 0.0800. The molecule has 0 aliphatic rings. The molecule has 14 heavy (non-hydrogen) atoms. The van der Waals surface area contributed by atoms with E-state index in [0.29, 0.717) is 0 Å². The highest BCUT2D eigenvalue weighted by molar-refractivity contribution is 6.68. The van der Waals surface area contributed by atoms with Crippen LogP contribution in [-0.4, -0.2) is 15.9 Å². The molecule has 0 rings (SSSR count). The number of rotatable bonds is 4. The van der Waals surface area contributed by atoms with Crippen LogP contribution in [0.15, 0.2) is 12.2 Å². The number of ether oxygens (including phenoxy) is 1. The third-order valence-corrected chi connectivity index (χ3v) is 2.03. The molecule has 0 radical (unpaired) electrons. The summed E-state index contributed by atoms with van der Waals surface area (Å²) in [4.78, 5) is 10.7. The summed E-state index contributed by atoms with van der Waals surface area (Å²) < 4.78 is 3.22. The Kier molecular flexibility index (Phi) is 6.58. The predicted molar refractivity (Wildman–Crippen MR) is 59.9 cm³/mol. The zero-order valence-electron chi connectivity index (χ0n) is 8.10. The Labute approximate surface area is 99.2 Å². The van der Waals surface area contributed by atoms with Crippen molar-refractivity contribution in [2.45, 2.75) is 36.6 Å². The molecule has 0 N–H and O–H groups in total. The first kappa shape index (κ1) is 14.1. The van der Waals surface area contributed by atoms with Crippen LogP contribution in [0.25, 0.3) is 0 Å². The molecular weight excluding hydrogens is 246 g/mol. The first-order valence-electron chi connectivity index (χ1n) is 4.28. The third-order valence-electron chi connectivity index (χ3n) is 1.38. The fourth-order valence-electron chi connectivity index (χ4n) is 0.780. The van der Waals surface area contributed by atoms with E-state index in [-0.39, 0.29) is 0 Å². The lowest BCUT2D eigenvalue weighted by Gasteiger charge is -2.20. The van der Waals surface area contributed by atoms with Gasteiger partial charge in [-0.2, -0.15) is 0 Å². The summed E-state index contributed by atoms with van der Waals surface area (Å²) in [6, 6.07) is 0. The molecule has 0 aromatic carbocycles. The molecule has 2 nitrogen and oxygen atoms in total. The van der Waals surface area contributed by atoms with Gasteiger partial charge in [-0.1, -0.05) is 54.2 Å². The molecule has 0 saturated heterocycles. The van der Waals surface area contributed by atoms with Crippen LogP contribution in [0.4, 0.5) is 0 Å². The Morgan fingerprint density at radius 2 is 2.07 bits per heavy atom. The van der Waals surface area contributed by atoms with Crippen molar-refractivity contribution >= 4 is 40.8 Å². The van der Waals surface area contributed by atoms with Gasteiger partial charge in [0.2, 0.25) is 3.79 Å². The highest BCUT2D eigenvalue weighted by Crippen LogP contribution is 2.33. The van der Waals surface area contributed by atoms with Crippen LogP contribution in [0.1, 0.15) is 26.7 Å². The van der Waals surface area contributed by atoms with Gasteiger partial charge in [0, 0.05) is 6.92 Å². The highest BCUT2D eigenvalue weighted by Gasteiger charge is 2.33. The number of unbranched alkanes of at least 4 members (excludes halogenated alkanes) is 1. The second-order valence-electron chi connectivity index (χ2n) is 2.79. The molecule has 0 aromatic heterocycles. The van der Waals surface area contributed by atoms with Gasteiger partial charge in [-0.05, 0) is 12.5 Å². The molecule has 1 unspecified atom stereocenters. The van der Waals surface area contributed by atoms with Crippen LogP contribution in [0.3, 0.4) is 0 Å². The molecule has 82 valence electrons. The monoisotopic (exact) mass is 258 g/mol. The van der Waals surface area contributed by atoms with Crippen LogP contribution in [-0.2, 0) is 9.53 Å². The predicted octanol–water partition coefficient (Wildman–Crippen LogP) is 3.64. The average molecular weight is 260 g/mol. The molecule has 0 fully saturated rings. The first-order chi connectivity index (χ1) is 6.38. The maximum atomic E-state index is 10.7.